The second-order valence-electron chi connectivity index (χ2n) is 1.47. The maximum absolute atomic E-state index is 8.82. The molecule has 0 saturated carbocycles. The topological polar surface area (TPSA) is 44.0 Å². The predicted molar refractivity (Wildman–Crippen MR) is 34.7 cm³/mol. The molecule has 2 heteroatoms. The molecule has 47 valence electrons. The van der Waals surface area contributed by atoms with Gasteiger partial charge >= 0.3 is 0 Å². The molecule has 1 atom stereocenters. The smallest absolute Gasteiger partial charge is 0.135 e. The minimum Gasteiger partial charge on any atom is -0.381 e. The van der Waals surface area contributed by atoms with Crippen LogP contribution in [0.3, 0.4) is 0 Å². The second-order valence-corrected chi connectivity index (χ2v) is 1.47. The molecular formula is C7H8NO. The van der Waals surface area contributed by atoms with Crippen molar-refractivity contribution in [2.24, 2.45) is 5.92 Å². The van der Waals surface area contributed by atoms with E-state index in [0.717, 1.165) is 0 Å². The Balaban J connectivity index is 3.97. The van der Waals surface area contributed by atoms with Crippen molar-refractivity contribution >= 4 is 0 Å². The molecule has 0 saturated heterocycles. The molecule has 0 fully saturated rings. The number of rotatable bonds is 3. The molecule has 9 heavy (non-hydrogen) atoms. The van der Waals surface area contributed by atoms with E-state index in [-0.39, 0.29) is 6.10 Å². The van der Waals surface area contributed by atoms with Gasteiger partial charge in [-0.3, -0.25) is 0 Å². The molecule has 1 unspecified atom stereocenters. The highest BCUT2D eigenvalue weighted by Gasteiger charge is 2.10. The van der Waals surface area contributed by atoms with Gasteiger partial charge in [-0.05, 0) is 0 Å². The molecule has 0 amide bonds. The first-order valence-electron chi connectivity index (χ1n) is 2.46. The van der Waals surface area contributed by atoms with E-state index in [1.807, 2.05) is 6.07 Å². The largest absolute Gasteiger partial charge is 0.381 e. The SMILES string of the molecule is C=C[C](O)C(C#N)C=C. The minimum absolute atomic E-state index is 0.0486. The molecule has 0 spiro atoms. The average molecular weight is 122 g/mol. The quantitative estimate of drug-likeness (QED) is 0.575. The van der Waals surface area contributed by atoms with E-state index >= 15 is 0 Å². The summed E-state index contributed by atoms with van der Waals surface area (Å²) in [5, 5.41) is 17.1. The van der Waals surface area contributed by atoms with Gasteiger partial charge in [0.15, 0.2) is 0 Å². The van der Waals surface area contributed by atoms with Crippen molar-refractivity contribution in [2.45, 2.75) is 0 Å². The monoisotopic (exact) mass is 122 g/mol. The maximum Gasteiger partial charge on any atom is 0.135 e. The molecular weight excluding hydrogens is 114 g/mol. The van der Waals surface area contributed by atoms with E-state index < -0.39 is 5.92 Å². The maximum atomic E-state index is 8.82. The molecule has 1 radical (unpaired) electrons. The van der Waals surface area contributed by atoms with Crippen molar-refractivity contribution in [3.63, 3.8) is 0 Å². The second kappa shape index (κ2) is 3.88. The third-order valence-electron chi connectivity index (χ3n) is 0.903. The lowest BCUT2D eigenvalue weighted by Gasteiger charge is -2.03. The van der Waals surface area contributed by atoms with Gasteiger partial charge in [-0.15, -0.1) is 13.2 Å². The first-order chi connectivity index (χ1) is 4.26. The van der Waals surface area contributed by atoms with Gasteiger partial charge in [-0.25, -0.2) is 0 Å². The van der Waals surface area contributed by atoms with Gasteiger partial charge in [-0.2, -0.15) is 5.26 Å². The summed E-state index contributed by atoms with van der Waals surface area (Å²) in [7, 11) is 0. The molecule has 2 nitrogen and oxygen atoms in total. The Labute approximate surface area is 54.7 Å². The lowest BCUT2D eigenvalue weighted by molar-refractivity contribution is 0.309. The molecule has 0 aromatic heterocycles. The van der Waals surface area contributed by atoms with Crippen molar-refractivity contribution in [3.8, 4) is 6.07 Å². The van der Waals surface area contributed by atoms with E-state index in [9.17, 15) is 0 Å². The van der Waals surface area contributed by atoms with Crippen LogP contribution in [0, 0.1) is 23.4 Å². The number of nitriles is 1. The average Bonchev–Trinajstić information content (AvgIpc) is 1.90. The lowest BCUT2D eigenvalue weighted by atomic mass is 10.1. The molecule has 0 aromatic carbocycles. The van der Waals surface area contributed by atoms with Gasteiger partial charge in [0.2, 0.25) is 0 Å². The fourth-order valence-corrected chi connectivity index (χ4v) is 0.367. The zero-order valence-electron chi connectivity index (χ0n) is 5.04. The summed E-state index contributed by atoms with van der Waals surface area (Å²) in [6.45, 7) is 6.64. The standard InChI is InChI=1S/C7H8NO/c1-3-6(5-8)7(9)4-2/h3-4,6,9H,1-2H2. The van der Waals surface area contributed by atoms with E-state index in [2.05, 4.69) is 13.2 Å². The first kappa shape index (κ1) is 7.93. The van der Waals surface area contributed by atoms with Crippen molar-refractivity contribution in [1.29, 1.82) is 5.26 Å². The number of hydrogen-bond acceptors (Lipinski definition) is 2. The van der Waals surface area contributed by atoms with Crippen LogP contribution >= 0.6 is 0 Å². The molecule has 0 aromatic rings. The zero-order chi connectivity index (χ0) is 7.28. The van der Waals surface area contributed by atoms with Crippen molar-refractivity contribution in [3.05, 3.63) is 31.4 Å². The third kappa shape index (κ3) is 2.11. The Bertz CT molecular complexity index is 145. The first-order valence-corrected chi connectivity index (χ1v) is 2.46. The molecule has 0 aliphatic carbocycles. The number of nitrogens with zero attached hydrogens (tertiary/aromatic N) is 1. The van der Waals surface area contributed by atoms with Crippen LogP contribution in [-0.4, -0.2) is 5.11 Å². The molecule has 0 aliphatic heterocycles. The normalized spacial score (nSPS) is 12.1. The van der Waals surface area contributed by atoms with E-state index in [4.69, 9.17) is 10.4 Å². The van der Waals surface area contributed by atoms with Crippen LogP contribution < -0.4 is 0 Å². The molecule has 0 rings (SSSR count). The van der Waals surface area contributed by atoms with Gasteiger partial charge < -0.3 is 5.11 Å². The van der Waals surface area contributed by atoms with Crippen molar-refractivity contribution in [2.75, 3.05) is 0 Å². The Morgan fingerprint density at radius 2 is 2.22 bits per heavy atom. The predicted octanol–water partition coefficient (Wildman–Crippen LogP) is 1.40. The van der Waals surface area contributed by atoms with Crippen LogP contribution in [-0.2, 0) is 0 Å². The van der Waals surface area contributed by atoms with Crippen LogP contribution in [0.15, 0.2) is 25.3 Å². The van der Waals surface area contributed by atoms with Gasteiger partial charge in [0.25, 0.3) is 0 Å². The molecule has 0 bridgehead atoms. The highest BCUT2D eigenvalue weighted by molar-refractivity contribution is 5.15. The molecule has 1 N–H and O–H groups in total. The van der Waals surface area contributed by atoms with Crippen LogP contribution in [0.4, 0.5) is 0 Å². The summed E-state index contributed by atoms with van der Waals surface area (Å²) >= 11 is 0. The van der Waals surface area contributed by atoms with Crippen LogP contribution in [0.5, 0.6) is 0 Å². The summed E-state index contributed by atoms with van der Waals surface area (Å²) in [4.78, 5) is 0. The zero-order valence-corrected chi connectivity index (χ0v) is 5.04. The Hall–Kier alpha value is -1.07. The third-order valence-corrected chi connectivity index (χ3v) is 0.903. The van der Waals surface area contributed by atoms with Crippen molar-refractivity contribution in [1.82, 2.24) is 0 Å². The van der Waals surface area contributed by atoms with Crippen LogP contribution in [0.25, 0.3) is 0 Å². The van der Waals surface area contributed by atoms with E-state index in [0.29, 0.717) is 0 Å². The number of aliphatic hydroxyl groups is 1. The highest BCUT2D eigenvalue weighted by atomic mass is 16.3. The summed E-state index contributed by atoms with van der Waals surface area (Å²) in [5.41, 5.74) is 0. The summed E-state index contributed by atoms with van der Waals surface area (Å²) in [5.74, 6) is -0.609. The van der Waals surface area contributed by atoms with E-state index in [1.54, 1.807) is 0 Å². The van der Waals surface area contributed by atoms with Gasteiger partial charge in [0.1, 0.15) is 6.10 Å². The number of hydrogen-bond donors (Lipinski definition) is 1. The summed E-state index contributed by atoms with van der Waals surface area (Å²) < 4.78 is 0. The fourth-order valence-electron chi connectivity index (χ4n) is 0.367. The Morgan fingerprint density at radius 1 is 1.67 bits per heavy atom. The van der Waals surface area contributed by atoms with Crippen LogP contribution in [0.2, 0.25) is 0 Å². The molecule has 0 heterocycles. The van der Waals surface area contributed by atoms with Crippen molar-refractivity contribution < 1.29 is 5.11 Å². The lowest BCUT2D eigenvalue weighted by Crippen LogP contribution is -2.03. The van der Waals surface area contributed by atoms with Crippen LogP contribution in [0.1, 0.15) is 0 Å². The van der Waals surface area contributed by atoms with E-state index in [1.165, 1.54) is 12.2 Å². The summed E-state index contributed by atoms with van der Waals surface area (Å²) in [6, 6.07) is 1.83. The van der Waals surface area contributed by atoms with Gasteiger partial charge in [-0.1, -0.05) is 12.2 Å². The van der Waals surface area contributed by atoms with Gasteiger partial charge in [0.05, 0.1) is 12.0 Å². The minimum atomic E-state index is -0.609. The number of aliphatic hydroxyl groups excluding tert-OH is 1. The molecule has 0 aliphatic rings. The summed E-state index contributed by atoms with van der Waals surface area (Å²) in [6.07, 6.45) is 2.54. The fraction of sp³-hybridized carbons (Fsp3) is 0.143. The highest BCUT2D eigenvalue weighted by Crippen LogP contribution is 2.10. The van der Waals surface area contributed by atoms with Gasteiger partial charge in [0, 0.05) is 0 Å². The Morgan fingerprint density at radius 3 is 2.33 bits per heavy atom. The Kier molecular flexibility index (Phi) is 3.41.